The molecule has 0 saturated carbocycles. The van der Waals surface area contributed by atoms with E-state index in [1.54, 1.807) is 14.2 Å². The smallest absolute Gasteiger partial charge is 0.214 e. The Labute approximate surface area is 142 Å². The predicted octanol–water partition coefficient (Wildman–Crippen LogP) is 4.63. The molecule has 0 aliphatic rings. The fraction of sp³-hybridized carbons (Fsp3) is 0.250. The highest BCUT2D eigenvalue weighted by molar-refractivity contribution is 5.97. The normalized spacial score (nSPS) is 10.7. The van der Waals surface area contributed by atoms with Crippen LogP contribution in [0.15, 0.2) is 42.5 Å². The van der Waals surface area contributed by atoms with Crippen LogP contribution in [0.2, 0.25) is 0 Å². The summed E-state index contributed by atoms with van der Waals surface area (Å²) in [5.41, 5.74) is 3.02. The van der Waals surface area contributed by atoms with Gasteiger partial charge in [0.05, 0.1) is 26.5 Å². The zero-order valence-electron chi connectivity index (χ0n) is 14.4. The SMILES string of the molecule is CCOc1cc2cccc(C)c2c(-c2ccc(OC)c(OC)c2)n1. The van der Waals surface area contributed by atoms with Gasteiger partial charge in [-0.25, -0.2) is 4.98 Å². The van der Waals surface area contributed by atoms with Crippen LogP contribution in [-0.2, 0) is 0 Å². The molecule has 124 valence electrons. The second-order valence-corrected chi connectivity index (χ2v) is 5.48. The van der Waals surface area contributed by atoms with E-state index in [2.05, 4.69) is 19.1 Å². The van der Waals surface area contributed by atoms with Crippen molar-refractivity contribution in [2.24, 2.45) is 0 Å². The summed E-state index contributed by atoms with van der Waals surface area (Å²) in [6.07, 6.45) is 0. The molecule has 0 atom stereocenters. The molecule has 0 radical (unpaired) electrons. The summed E-state index contributed by atoms with van der Waals surface area (Å²) in [5, 5.41) is 2.23. The first-order valence-corrected chi connectivity index (χ1v) is 7.93. The van der Waals surface area contributed by atoms with Crippen LogP contribution >= 0.6 is 0 Å². The molecule has 0 saturated heterocycles. The van der Waals surface area contributed by atoms with Crippen molar-refractivity contribution >= 4 is 10.8 Å². The number of pyridine rings is 1. The zero-order chi connectivity index (χ0) is 17.1. The van der Waals surface area contributed by atoms with Gasteiger partial charge < -0.3 is 14.2 Å². The summed E-state index contributed by atoms with van der Waals surface area (Å²) >= 11 is 0. The van der Waals surface area contributed by atoms with Crippen LogP contribution in [0.25, 0.3) is 22.0 Å². The molecule has 4 nitrogen and oxygen atoms in total. The van der Waals surface area contributed by atoms with Crippen molar-refractivity contribution in [1.82, 2.24) is 4.98 Å². The average Bonchev–Trinajstić information content (AvgIpc) is 2.61. The predicted molar refractivity (Wildman–Crippen MR) is 96.2 cm³/mol. The molecule has 0 N–H and O–H groups in total. The highest BCUT2D eigenvalue weighted by atomic mass is 16.5. The lowest BCUT2D eigenvalue weighted by atomic mass is 9.99. The van der Waals surface area contributed by atoms with E-state index < -0.39 is 0 Å². The summed E-state index contributed by atoms with van der Waals surface area (Å²) in [4.78, 5) is 4.73. The van der Waals surface area contributed by atoms with E-state index >= 15 is 0 Å². The van der Waals surface area contributed by atoms with Crippen LogP contribution in [0.4, 0.5) is 0 Å². The molecule has 0 bridgehead atoms. The Balaban J connectivity index is 2.27. The Morgan fingerprint density at radius 3 is 2.46 bits per heavy atom. The van der Waals surface area contributed by atoms with Gasteiger partial charge in [0.1, 0.15) is 0 Å². The Bertz CT molecular complexity index is 874. The minimum absolute atomic E-state index is 0.579. The summed E-state index contributed by atoms with van der Waals surface area (Å²) < 4.78 is 16.4. The monoisotopic (exact) mass is 323 g/mol. The van der Waals surface area contributed by atoms with E-state index in [0.717, 1.165) is 22.0 Å². The molecule has 0 aliphatic heterocycles. The maximum Gasteiger partial charge on any atom is 0.214 e. The molecule has 0 fully saturated rings. The van der Waals surface area contributed by atoms with Crippen LogP contribution < -0.4 is 14.2 Å². The number of rotatable bonds is 5. The van der Waals surface area contributed by atoms with Crippen LogP contribution in [0.5, 0.6) is 17.4 Å². The van der Waals surface area contributed by atoms with Crippen molar-refractivity contribution in [3.05, 3.63) is 48.0 Å². The van der Waals surface area contributed by atoms with Crippen LogP contribution in [0.1, 0.15) is 12.5 Å². The average molecular weight is 323 g/mol. The van der Waals surface area contributed by atoms with E-state index in [1.165, 1.54) is 5.56 Å². The number of aryl methyl sites for hydroxylation is 1. The number of methoxy groups -OCH3 is 2. The number of nitrogens with zero attached hydrogens (tertiary/aromatic N) is 1. The van der Waals surface area contributed by atoms with E-state index in [0.29, 0.717) is 24.0 Å². The van der Waals surface area contributed by atoms with Crippen molar-refractivity contribution in [3.8, 4) is 28.6 Å². The molecular formula is C20H21NO3. The second-order valence-electron chi connectivity index (χ2n) is 5.48. The molecule has 1 heterocycles. The Morgan fingerprint density at radius 1 is 0.958 bits per heavy atom. The molecule has 0 aliphatic carbocycles. The van der Waals surface area contributed by atoms with Gasteiger partial charge in [-0.2, -0.15) is 0 Å². The van der Waals surface area contributed by atoms with Crippen molar-refractivity contribution in [3.63, 3.8) is 0 Å². The fourth-order valence-corrected chi connectivity index (χ4v) is 2.88. The Hall–Kier alpha value is -2.75. The first kappa shape index (κ1) is 16.1. The maximum absolute atomic E-state index is 5.65. The minimum Gasteiger partial charge on any atom is -0.493 e. The summed E-state index contributed by atoms with van der Waals surface area (Å²) in [6, 6.07) is 14.0. The quantitative estimate of drug-likeness (QED) is 0.686. The molecule has 0 spiro atoms. The number of hydrogen-bond acceptors (Lipinski definition) is 4. The molecule has 24 heavy (non-hydrogen) atoms. The van der Waals surface area contributed by atoms with Gasteiger partial charge in [-0.3, -0.25) is 0 Å². The third-order valence-corrected chi connectivity index (χ3v) is 3.99. The second kappa shape index (κ2) is 6.79. The third kappa shape index (κ3) is 2.87. The highest BCUT2D eigenvalue weighted by Crippen LogP contribution is 2.36. The van der Waals surface area contributed by atoms with Gasteiger partial charge >= 0.3 is 0 Å². The van der Waals surface area contributed by atoms with E-state index in [1.807, 2.05) is 37.3 Å². The van der Waals surface area contributed by atoms with Gasteiger partial charge in [-0.05, 0) is 43.0 Å². The van der Waals surface area contributed by atoms with Crippen molar-refractivity contribution in [2.45, 2.75) is 13.8 Å². The van der Waals surface area contributed by atoms with Gasteiger partial charge in [0.25, 0.3) is 0 Å². The molecule has 4 heteroatoms. The summed E-state index contributed by atoms with van der Waals surface area (Å²) in [5.74, 6) is 2.00. The van der Waals surface area contributed by atoms with Crippen LogP contribution in [0.3, 0.4) is 0 Å². The largest absolute Gasteiger partial charge is 0.493 e. The lowest BCUT2D eigenvalue weighted by Gasteiger charge is -2.14. The summed E-state index contributed by atoms with van der Waals surface area (Å²) in [6.45, 7) is 4.63. The lowest BCUT2D eigenvalue weighted by Crippen LogP contribution is -1.98. The Kier molecular flexibility index (Phi) is 4.56. The molecular weight excluding hydrogens is 302 g/mol. The molecule has 0 amide bonds. The van der Waals surface area contributed by atoms with Gasteiger partial charge in [0.2, 0.25) is 5.88 Å². The molecule has 1 aromatic heterocycles. The molecule has 2 aromatic carbocycles. The summed E-state index contributed by atoms with van der Waals surface area (Å²) in [7, 11) is 3.26. The van der Waals surface area contributed by atoms with Gasteiger partial charge in [0.15, 0.2) is 11.5 Å². The molecule has 3 rings (SSSR count). The van der Waals surface area contributed by atoms with Gasteiger partial charge in [-0.1, -0.05) is 18.2 Å². The molecule has 3 aromatic rings. The number of benzene rings is 2. The van der Waals surface area contributed by atoms with Crippen molar-refractivity contribution < 1.29 is 14.2 Å². The van der Waals surface area contributed by atoms with Crippen LogP contribution in [0, 0.1) is 6.92 Å². The first-order valence-electron chi connectivity index (χ1n) is 7.93. The Morgan fingerprint density at radius 2 is 1.75 bits per heavy atom. The minimum atomic E-state index is 0.579. The van der Waals surface area contributed by atoms with E-state index in [9.17, 15) is 0 Å². The standard InChI is InChI=1S/C20H21NO3/c1-5-24-18-12-14-8-6-7-13(2)19(14)20(21-18)15-9-10-16(22-3)17(11-15)23-4/h6-12H,5H2,1-4H3. The first-order chi connectivity index (χ1) is 11.7. The van der Waals surface area contributed by atoms with E-state index in [-0.39, 0.29) is 0 Å². The molecule has 0 unspecified atom stereocenters. The lowest BCUT2D eigenvalue weighted by molar-refractivity contribution is 0.328. The highest BCUT2D eigenvalue weighted by Gasteiger charge is 2.13. The van der Waals surface area contributed by atoms with E-state index in [4.69, 9.17) is 19.2 Å². The van der Waals surface area contributed by atoms with Crippen molar-refractivity contribution in [2.75, 3.05) is 20.8 Å². The number of aromatic nitrogens is 1. The topological polar surface area (TPSA) is 40.6 Å². The third-order valence-electron chi connectivity index (χ3n) is 3.99. The van der Waals surface area contributed by atoms with Gasteiger partial charge in [0, 0.05) is 17.0 Å². The number of hydrogen-bond donors (Lipinski definition) is 0. The fourth-order valence-electron chi connectivity index (χ4n) is 2.88. The number of ether oxygens (including phenoxy) is 3. The zero-order valence-corrected chi connectivity index (χ0v) is 14.4. The maximum atomic E-state index is 5.65. The van der Waals surface area contributed by atoms with Crippen molar-refractivity contribution in [1.29, 1.82) is 0 Å². The number of fused-ring (bicyclic) bond motifs is 1. The van der Waals surface area contributed by atoms with Gasteiger partial charge in [-0.15, -0.1) is 0 Å². The van der Waals surface area contributed by atoms with Crippen LogP contribution in [-0.4, -0.2) is 25.8 Å².